The quantitative estimate of drug-likeness (QED) is 0.567. The van der Waals surface area contributed by atoms with Crippen LogP contribution in [0.25, 0.3) is 21.3 Å². The van der Waals surface area contributed by atoms with Crippen LogP contribution in [-0.4, -0.2) is 9.55 Å². The van der Waals surface area contributed by atoms with E-state index in [1.807, 2.05) is 40.3 Å². The molecule has 0 saturated heterocycles. The van der Waals surface area contributed by atoms with E-state index in [0.717, 1.165) is 21.3 Å². The Kier molecular flexibility index (Phi) is 2.47. The zero-order valence-electron chi connectivity index (χ0n) is 10.4. The van der Waals surface area contributed by atoms with E-state index >= 15 is 0 Å². The molecule has 0 aliphatic heterocycles. The lowest BCUT2D eigenvalue weighted by atomic mass is 10.3. The minimum atomic E-state index is 0.0591. The first-order valence-corrected chi connectivity index (χ1v) is 7.10. The van der Waals surface area contributed by atoms with Gasteiger partial charge in [-0.2, -0.15) is 0 Å². The second kappa shape index (κ2) is 4.31. The third-order valence-corrected chi connectivity index (χ3v) is 4.15. The number of fused-ring (bicyclic) bond motifs is 2. The number of benzene rings is 1. The molecule has 0 unspecified atom stereocenters. The van der Waals surface area contributed by atoms with E-state index in [4.69, 9.17) is 4.42 Å². The molecule has 0 atom stereocenters. The van der Waals surface area contributed by atoms with E-state index in [0.29, 0.717) is 12.4 Å². The summed E-state index contributed by atoms with van der Waals surface area (Å²) in [6.07, 6.45) is 1.78. The zero-order chi connectivity index (χ0) is 13.5. The molecule has 4 rings (SSSR count). The molecule has 4 nitrogen and oxygen atoms in total. The second-order valence-corrected chi connectivity index (χ2v) is 5.43. The van der Waals surface area contributed by atoms with Gasteiger partial charge in [0, 0.05) is 12.3 Å². The minimum absolute atomic E-state index is 0.0591. The molecule has 0 saturated carbocycles. The molecule has 3 aromatic heterocycles. The summed E-state index contributed by atoms with van der Waals surface area (Å²) < 4.78 is 8.47. The Hall–Kier alpha value is -2.40. The summed E-state index contributed by atoms with van der Waals surface area (Å²) >= 11 is 1.46. The molecule has 0 bridgehead atoms. The summed E-state index contributed by atoms with van der Waals surface area (Å²) in [5.41, 5.74) is 2.61. The number of hydrogen-bond acceptors (Lipinski definition) is 4. The number of hydrogen-bond donors (Lipinski definition) is 0. The fourth-order valence-electron chi connectivity index (χ4n) is 2.30. The van der Waals surface area contributed by atoms with Gasteiger partial charge in [0.2, 0.25) is 5.89 Å². The summed E-state index contributed by atoms with van der Waals surface area (Å²) in [4.78, 5) is 16.2. The highest BCUT2D eigenvalue weighted by Crippen LogP contribution is 2.19. The Bertz CT molecular complexity index is 931. The molecule has 98 valence electrons. The largest absolute Gasteiger partial charge is 0.439 e. The molecule has 0 aliphatic carbocycles. The number of thiophene rings is 1. The molecule has 5 heteroatoms. The van der Waals surface area contributed by atoms with Gasteiger partial charge in [-0.05, 0) is 23.6 Å². The molecule has 3 heterocycles. The van der Waals surface area contributed by atoms with Crippen molar-refractivity contribution in [3.63, 3.8) is 0 Å². The lowest BCUT2D eigenvalue weighted by Gasteiger charge is -2.04. The van der Waals surface area contributed by atoms with Crippen molar-refractivity contribution < 1.29 is 4.42 Å². The van der Waals surface area contributed by atoms with Gasteiger partial charge in [0.1, 0.15) is 5.52 Å². The monoisotopic (exact) mass is 282 g/mol. The van der Waals surface area contributed by atoms with Crippen LogP contribution in [-0.2, 0) is 6.54 Å². The number of rotatable bonds is 2. The lowest BCUT2D eigenvalue weighted by molar-refractivity contribution is 0.512. The maximum atomic E-state index is 11.7. The number of oxazole rings is 1. The van der Waals surface area contributed by atoms with Crippen molar-refractivity contribution in [1.29, 1.82) is 0 Å². The van der Waals surface area contributed by atoms with Crippen LogP contribution in [0, 0.1) is 0 Å². The van der Waals surface area contributed by atoms with Crippen molar-refractivity contribution in [2.24, 2.45) is 0 Å². The smallest absolute Gasteiger partial charge is 0.215 e. The Morgan fingerprint density at radius 2 is 2.10 bits per heavy atom. The summed E-state index contributed by atoms with van der Waals surface area (Å²) in [5, 5.41) is 1.93. The standard InChI is InChI=1S/C15H10N2O2S/c18-12-5-7-17(11-6-8-20-15(11)12)9-14-16-10-3-1-2-4-13(10)19-14/h1-8H,9H2. The van der Waals surface area contributed by atoms with Crippen LogP contribution in [0.5, 0.6) is 0 Å². The van der Waals surface area contributed by atoms with Crippen molar-refractivity contribution >= 4 is 32.7 Å². The Morgan fingerprint density at radius 3 is 3.00 bits per heavy atom. The van der Waals surface area contributed by atoms with Gasteiger partial charge in [-0.1, -0.05) is 12.1 Å². The second-order valence-electron chi connectivity index (χ2n) is 4.52. The van der Waals surface area contributed by atoms with Crippen molar-refractivity contribution in [3.05, 3.63) is 64.1 Å². The zero-order valence-corrected chi connectivity index (χ0v) is 11.3. The van der Waals surface area contributed by atoms with Gasteiger partial charge in [-0.25, -0.2) is 4.98 Å². The van der Waals surface area contributed by atoms with Crippen molar-refractivity contribution in [2.45, 2.75) is 6.54 Å². The Balaban J connectivity index is 1.82. The summed E-state index contributed by atoms with van der Waals surface area (Å²) in [6.45, 7) is 0.516. The summed E-state index contributed by atoms with van der Waals surface area (Å²) in [7, 11) is 0. The molecule has 20 heavy (non-hydrogen) atoms. The van der Waals surface area contributed by atoms with Crippen LogP contribution in [0.2, 0.25) is 0 Å². The van der Waals surface area contributed by atoms with Gasteiger partial charge in [0.15, 0.2) is 11.0 Å². The van der Waals surface area contributed by atoms with E-state index in [9.17, 15) is 4.79 Å². The van der Waals surface area contributed by atoms with Crippen LogP contribution < -0.4 is 5.43 Å². The fourth-order valence-corrected chi connectivity index (χ4v) is 3.12. The van der Waals surface area contributed by atoms with Gasteiger partial charge in [0.05, 0.1) is 16.8 Å². The number of aromatic nitrogens is 2. The maximum Gasteiger partial charge on any atom is 0.215 e. The molecule has 0 N–H and O–H groups in total. The third-order valence-electron chi connectivity index (χ3n) is 3.23. The van der Waals surface area contributed by atoms with Crippen LogP contribution in [0.15, 0.2) is 57.2 Å². The molecule has 0 aliphatic rings. The van der Waals surface area contributed by atoms with E-state index < -0.39 is 0 Å². The molecular weight excluding hydrogens is 272 g/mol. The van der Waals surface area contributed by atoms with Gasteiger partial charge in [0.25, 0.3) is 0 Å². The molecule has 0 fully saturated rings. The van der Waals surface area contributed by atoms with E-state index in [1.54, 1.807) is 12.3 Å². The predicted molar refractivity (Wildman–Crippen MR) is 79.2 cm³/mol. The molecule has 0 amide bonds. The van der Waals surface area contributed by atoms with Gasteiger partial charge >= 0.3 is 0 Å². The van der Waals surface area contributed by atoms with Crippen molar-refractivity contribution in [3.8, 4) is 0 Å². The van der Waals surface area contributed by atoms with Gasteiger partial charge < -0.3 is 8.98 Å². The number of pyridine rings is 1. The fraction of sp³-hybridized carbons (Fsp3) is 0.0667. The van der Waals surface area contributed by atoms with E-state index in [2.05, 4.69) is 4.98 Å². The first kappa shape index (κ1) is 11.4. The molecule has 4 aromatic rings. The molecule has 0 radical (unpaired) electrons. The first-order chi connectivity index (χ1) is 9.81. The maximum absolute atomic E-state index is 11.7. The van der Waals surface area contributed by atoms with E-state index in [-0.39, 0.29) is 5.43 Å². The van der Waals surface area contributed by atoms with Crippen molar-refractivity contribution in [1.82, 2.24) is 9.55 Å². The number of nitrogens with zero attached hydrogens (tertiary/aromatic N) is 2. The van der Waals surface area contributed by atoms with Crippen LogP contribution in [0.1, 0.15) is 5.89 Å². The van der Waals surface area contributed by atoms with Crippen LogP contribution in [0.4, 0.5) is 0 Å². The normalized spacial score (nSPS) is 11.4. The van der Waals surface area contributed by atoms with Crippen molar-refractivity contribution in [2.75, 3.05) is 0 Å². The average Bonchev–Trinajstić information content (AvgIpc) is 3.08. The predicted octanol–water partition coefficient (Wildman–Crippen LogP) is 3.25. The van der Waals surface area contributed by atoms with Crippen LogP contribution >= 0.6 is 11.3 Å². The average molecular weight is 282 g/mol. The van der Waals surface area contributed by atoms with Gasteiger partial charge in [-0.3, -0.25) is 4.79 Å². The number of para-hydroxylation sites is 2. The summed E-state index contributed by atoms with van der Waals surface area (Å²) in [5.74, 6) is 0.641. The highest BCUT2D eigenvalue weighted by Gasteiger charge is 2.08. The molecular formula is C15H10N2O2S. The highest BCUT2D eigenvalue weighted by atomic mass is 32.1. The van der Waals surface area contributed by atoms with E-state index in [1.165, 1.54) is 11.3 Å². The summed E-state index contributed by atoms with van der Waals surface area (Å²) in [6, 6.07) is 11.2. The lowest BCUT2D eigenvalue weighted by Crippen LogP contribution is -2.06. The van der Waals surface area contributed by atoms with Crippen LogP contribution in [0.3, 0.4) is 0 Å². The third kappa shape index (κ3) is 1.75. The molecule has 1 aromatic carbocycles. The highest BCUT2D eigenvalue weighted by molar-refractivity contribution is 7.17. The van der Waals surface area contributed by atoms with Gasteiger partial charge in [-0.15, -0.1) is 11.3 Å². The topological polar surface area (TPSA) is 48.0 Å². The molecule has 0 spiro atoms. The SMILES string of the molecule is O=c1ccn(Cc2nc3ccccc3o2)c2ccsc12. The minimum Gasteiger partial charge on any atom is -0.439 e. The first-order valence-electron chi connectivity index (χ1n) is 6.22. The Morgan fingerprint density at radius 1 is 1.20 bits per heavy atom. The Labute approximate surface area is 117 Å².